The molecule has 6 aromatic carbocycles. The van der Waals surface area contributed by atoms with E-state index in [9.17, 15) is 9.59 Å². The molecule has 0 aliphatic rings. The Hall–Kier alpha value is -4.54. The van der Waals surface area contributed by atoms with Gasteiger partial charge in [-0.05, 0) is 47.2 Å². The summed E-state index contributed by atoms with van der Waals surface area (Å²) < 4.78 is 23.6. The van der Waals surface area contributed by atoms with E-state index in [0.29, 0.717) is 42.7 Å². The van der Waals surface area contributed by atoms with Gasteiger partial charge < -0.3 is 18.9 Å². The van der Waals surface area contributed by atoms with Crippen LogP contribution in [-0.4, -0.2) is 25.2 Å². The predicted octanol–water partition coefficient (Wildman–Crippen LogP) is 9.55. The molecule has 0 spiro atoms. The Balaban J connectivity index is 1.21. The first-order valence-corrected chi connectivity index (χ1v) is 17.6. The van der Waals surface area contributed by atoms with Crippen LogP contribution < -0.4 is 20.9 Å². The summed E-state index contributed by atoms with van der Waals surface area (Å²) in [5.74, 6) is -1.90. The number of nitrogens with two attached hydrogens (primary N) is 2. The van der Waals surface area contributed by atoms with Crippen LogP contribution in [0.2, 0.25) is 20.1 Å². The number of rotatable bonds is 12. The van der Waals surface area contributed by atoms with Gasteiger partial charge >= 0.3 is 11.9 Å². The van der Waals surface area contributed by atoms with Crippen molar-refractivity contribution in [1.82, 2.24) is 0 Å². The summed E-state index contributed by atoms with van der Waals surface area (Å²) in [5, 5.41) is 5.06. The second kappa shape index (κ2) is 16.0. The van der Waals surface area contributed by atoms with Crippen molar-refractivity contribution in [2.75, 3.05) is 13.2 Å². The molecule has 0 aliphatic heterocycles. The minimum absolute atomic E-state index is 0.0468. The number of carbonyl (C=O) groups excluding carboxylic acids is 2. The lowest BCUT2D eigenvalue weighted by Crippen LogP contribution is -2.48. The highest BCUT2D eigenvalue weighted by atomic mass is 35.5. The smallest absolute Gasteiger partial charge is 0.419 e. The fraction of sp³-hybridized carbons (Fsp3) is 0.150. The molecule has 4 N–H and O–H groups in total. The zero-order valence-corrected chi connectivity index (χ0v) is 30.5. The first-order chi connectivity index (χ1) is 25.0. The van der Waals surface area contributed by atoms with Gasteiger partial charge in [0.15, 0.2) is 11.4 Å². The summed E-state index contributed by atoms with van der Waals surface area (Å²) in [7, 11) is 0. The monoisotopic (exact) mass is 776 g/mol. The molecule has 0 bridgehead atoms. The number of esters is 2. The van der Waals surface area contributed by atoms with Crippen molar-refractivity contribution >= 4 is 79.9 Å². The topological polar surface area (TPSA) is 123 Å². The van der Waals surface area contributed by atoms with Crippen molar-refractivity contribution in [1.29, 1.82) is 0 Å². The number of hydrogen-bond acceptors (Lipinski definition) is 8. The highest BCUT2D eigenvalue weighted by Crippen LogP contribution is 2.36. The van der Waals surface area contributed by atoms with Gasteiger partial charge in [-0.2, -0.15) is 0 Å². The highest BCUT2D eigenvalue weighted by molar-refractivity contribution is 6.34. The van der Waals surface area contributed by atoms with Crippen molar-refractivity contribution in [3.63, 3.8) is 0 Å². The second-order valence-corrected chi connectivity index (χ2v) is 13.7. The van der Waals surface area contributed by atoms with E-state index in [-0.39, 0.29) is 26.1 Å². The third kappa shape index (κ3) is 8.40. The molecule has 52 heavy (non-hydrogen) atoms. The van der Waals surface area contributed by atoms with E-state index in [1.165, 1.54) is 0 Å². The summed E-state index contributed by atoms with van der Waals surface area (Å²) in [4.78, 5) is 27.0. The van der Waals surface area contributed by atoms with Crippen LogP contribution in [0.4, 0.5) is 0 Å². The van der Waals surface area contributed by atoms with Gasteiger partial charge in [-0.3, -0.25) is 11.5 Å². The first-order valence-electron chi connectivity index (χ1n) is 16.1. The Labute approximate surface area is 320 Å². The van der Waals surface area contributed by atoms with Gasteiger partial charge in [0.25, 0.3) is 0 Å². The quantitative estimate of drug-likeness (QED) is 0.0716. The Bertz CT molecular complexity index is 2080. The molecule has 6 rings (SSSR count). The number of carbonyl (C=O) groups is 2. The first kappa shape index (κ1) is 37.2. The average Bonchev–Trinajstić information content (AvgIpc) is 3.14. The minimum Gasteiger partial charge on any atom is -0.491 e. The standard InChI is InChI=1S/C40H32Cl4N2O6/c41-29-15-11-27(12-16-29)39(45,21-23-49-35-31-7-3-1-5-25(31)9-19-33(35)43)51-37(47)38(48)52-40(46,28-13-17-30(42)18-14-28)22-24-50-36-32-8-4-2-6-26(32)10-20-34(36)44/h1-20H,21-24,45-46H2. The zero-order valence-electron chi connectivity index (χ0n) is 27.5. The number of ether oxygens (including phenoxy) is 4. The summed E-state index contributed by atoms with van der Waals surface area (Å²) in [6, 6.07) is 35.1. The van der Waals surface area contributed by atoms with E-state index in [1.54, 1.807) is 60.7 Å². The van der Waals surface area contributed by atoms with E-state index < -0.39 is 23.4 Å². The van der Waals surface area contributed by atoms with Gasteiger partial charge in [0.2, 0.25) is 0 Å². The normalized spacial score (nSPS) is 13.6. The van der Waals surface area contributed by atoms with Crippen LogP contribution in [0.1, 0.15) is 24.0 Å². The molecule has 8 nitrogen and oxygen atoms in total. The minimum atomic E-state index is -1.86. The van der Waals surface area contributed by atoms with Crippen LogP contribution >= 0.6 is 46.4 Å². The van der Waals surface area contributed by atoms with Gasteiger partial charge in [0.1, 0.15) is 11.5 Å². The van der Waals surface area contributed by atoms with Crippen molar-refractivity contribution in [2.45, 2.75) is 24.3 Å². The second-order valence-electron chi connectivity index (χ2n) is 12.0. The molecule has 2 unspecified atom stereocenters. The molecule has 2 atom stereocenters. The van der Waals surface area contributed by atoms with Gasteiger partial charge in [-0.15, -0.1) is 0 Å². The molecule has 0 saturated carbocycles. The molecule has 266 valence electrons. The Morgan fingerprint density at radius 3 is 1.25 bits per heavy atom. The highest BCUT2D eigenvalue weighted by Gasteiger charge is 2.40. The Morgan fingerprint density at radius 1 is 0.500 bits per heavy atom. The maximum absolute atomic E-state index is 13.5. The van der Waals surface area contributed by atoms with E-state index in [1.807, 2.05) is 60.7 Å². The summed E-state index contributed by atoms with van der Waals surface area (Å²) in [6.45, 7) is -0.0936. The van der Waals surface area contributed by atoms with E-state index in [4.69, 9.17) is 76.8 Å². The summed E-state index contributed by atoms with van der Waals surface area (Å²) in [5.41, 5.74) is 10.5. The summed E-state index contributed by atoms with van der Waals surface area (Å²) in [6.07, 6.45) is -0.171. The maximum Gasteiger partial charge on any atom is 0.419 e. The van der Waals surface area contributed by atoms with Crippen molar-refractivity contribution in [3.8, 4) is 11.5 Å². The largest absolute Gasteiger partial charge is 0.491 e. The third-order valence-corrected chi connectivity index (χ3v) is 9.58. The molecular formula is C40H32Cl4N2O6. The molecule has 0 radical (unpaired) electrons. The number of hydrogen-bond donors (Lipinski definition) is 2. The maximum atomic E-state index is 13.5. The number of benzene rings is 6. The Kier molecular flexibility index (Phi) is 11.5. The van der Waals surface area contributed by atoms with E-state index >= 15 is 0 Å². The van der Waals surface area contributed by atoms with Crippen LogP contribution in [0.3, 0.4) is 0 Å². The number of fused-ring (bicyclic) bond motifs is 2. The third-order valence-electron chi connectivity index (χ3n) is 8.48. The Morgan fingerprint density at radius 2 is 0.865 bits per heavy atom. The van der Waals surface area contributed by atoms with Crippen molar-refractivity contribution in [3.05, 3.63) is 153 Å². The van der Waals surface area contributed by atoms with Crippen molar-refractivity contribution in [2.24, 2.45) is 11.5 Å². The van der Waals surface area contributed by atoms with Gasteiger partial charge in [-0.25, -0.2) is 9.59 Å². The molecule has 0 fully saturated rings. The lowest BCUT2D eigenvalue weighted by Gasteiger charge is -2.32. The summed E-state index contributed by atoms with van der Waals surface area (Å²) >= 11 is 25.2. The number of halogens is 4. The lowest BCUT2D eigenvalue weighted by atomic mass is 10.00. The van der Waals surface area contributed by atoms with Gasteiger partial charge in [0, 0.05) is 44.8 Å². The van der Waals surface area contributed by atoms with Crippen LogP contribution in [-0.2, 0) is 30.5 Å². The van der Waals surface area contributed by atoms with Gasteiger partial charge in [-0.1, -0.05) is 131 Å². The SMILES string of the molecule is NC(CCOc1c(Cl)ccc2ccccc12)(OC(=O)C(=O)OC(N)(CCOc1c(Cl)ccc2ccccc12)c1ccc(Cl)cc1)c1ccc(Cl)cc1. The molecule has 0 saturated heterocycles. The lowest BCUT2D eigenvalue weighted by molar-refractivity contribution is -0.189. The van der Waals surface area contributed by atoms with Crippen LogP contribution in [0.25, 0.3) is 21.5 Å². The van der Waals surface area contributed by atoms with Crippen LogP contribution in [0, 0.1) is 0 Å². The molecule has 0 aliphatic carbocycles. The average molecular weight is 779 g/mol. The molecule has 12 heteroatoms. The molecule has 0 amide bonds. The molecule has 6 aromatic rings. The molecular weight excluding hydrogens is 746 g/mol. The molecule has 0 aromatic heterocycles. The fourth-order valence-electron chi connectivity index (χ4n) is 5.72. The predicted molar refractivity (Wildman–Crippen MR) is 205 cm³/mol. The van der Waals surface area contributed by atoms with E-state index in [2.05, 4.69) is 0 Å². The van der Waals surface area contributed by atoms with E-state index in [0.717, 1.165) is 21.5 Å². The zero-order chi connectivity index (χ0) is 36.9. The van der Waals surface area contributed by atoms with Gasteiger partial charge in [0.05, 0.1) is 23.3 Å². The van der Waals surface area contributed by atoms with Crippen LogP contribution in [0.15, 0.2) is 121 Å². The van der Waals surface area contributed by atoms with Crippen molar-refractivity contribution < 1.29 is 28.5 Å². The van der Waals surface area contributed by atoms with Crippen LogP contribution in [0.5, 0.6) is 11.5 Å². The fourth-order valence-corrected chi connectivity index (χ4v) is 6.41. The molecule has 0 heterocycles.